The van der Waals surface area contributed by atoms with Gasteiger partial charge in [-0.3, -0.25) is 4.79 Å². The highest BCUT2D eigenvalue weighted by Gasteiger charge is 2.08. The van der Waals surface area contributed by atoms with Gasteiger partial charge in [0, 0.05) is 0 Å². The van der Waals surface area contributed by atoms with Gasteiger partial charge in [0.2, 0.25) is 0 Å². The maximum Gasteiger partial charge on any atom is 0.293 e. The van der Waals surface area contributed by atoms with Crippen molar-refractivity contribution in [2.24, 2.45) is 5.41 Å². The Hall–Kier alpha value is -0.530. The fourth-order valence-corrected chi connectivity index (χ4v) is 1.77. The minimum Gasteiger partial charge on any atom is -0.468 e. The second-order valence-corrected chi connectivity index (χ2v) is 5.75. The summed E-state index contributed by atoms with van der Waals surface area (Å²) in [7, 11) is 0. The number of carbonyl (C=O) groups excluding carboxylic acids is 1. The molecule has 0 heterocycles. The van der Waals surface area contributed by atoms with Crippen LogP contribution in [0.2, 0.25) is 0 Å². The van der Waals surface area contributed by atoms with Crippen LogP contribution in [-0.4, -0.2) is 13.1 Å². The van der Waals surface area contributed by atoms with Gasteiger partial charge in [0.1, 0.15) is 0 Å². The van der Waals surface area contributed by atoms with E-state index in [2.05, 4.69) is 25.5 Å². The molecule has 0 saturated heterocycles. The summed E-state index contributed by atoms with van der Waals surface area (Å²) in [5.41, 5.74) is 0.492. The lowest BCUT2D eigenvalue weighted by atomic mass is 9.89. The first kappa shape index (κ1) is 15.5. The summed E-state index contributed by atoms with van der Waals surface area (Å²) in [5, 5.41) is 0. The highest BCUT2D eigenvalue weighted by Crippen LogP contribution is 2.22. The van der Waals surface area contributed by atoms with Gasteiger partial charge in [0.15, 0.2) is 0 Å². The average Bonchev–Trinajstić information content (AvgIpc) is 2.19. The van der Waals surface area contributed by atoms with Gasteiger partial charge in [-0.2, -0.15) is 0 Å². The summed E-state index contributed by atoms with van der Waals surface area (Å²) < 4.78 is 4.64. The van der Waals surface area contributed by atoms with Crippen LogP contribution in [0.25, 0.3) is 0 Å². The first-order valence-electron chi connectivity index (χ1n) is 6.61. The third-order valence-electron chi connectivity index (χ3n) is 2.76. The predicted octanol–water partition coefficient (Wildman–Crippen LogP) is 4.33. The van der Waals surface area contributed by atoms with Gasteiger partial charge in [-0.05, 0) is 18.3 Å². The average molecular weight is 228 g/mol. The Morgan fingerprint density at radius 2 is 1.38 bits per heavy atom. The summed E-state index contributed by atoms with van der Waals surface area (Å²) >= 11 is 0. The molecule has 0 atom stereocenters. The van der Waals surface area contributed by atoms with E-state index in [0.29, 0.717) is 18.5 Å². The molecule has 2 nitrogen and oxygen atoms in total. The molecule has 16 heavy (non-hydrogen) atoms. The number of rotatable bonds is 10. The lowest BCUT2D eigenvalue weighted by Crippen LogP contribution is -2.03. The molecule has 0 unspecified atom stereocenters. The molecule has 0 radical (unpaired) electrons. The predicted molar refractivity (Wildman–Crippen MR) is 68.4 cm³/mol. The molecule has 2 heteroatoms. The Kier molecular flexibility index (Phi) is 9.36. The van der Waals surface area contributed by atoms with E-state index in [-0.39, 0.29) is 0 Å². The normalized spacial score (nSPS) is 11.4. The van der Waals surface area contributed by atoms with Crippen molar-refractivity contribution in [2.45, 2.75) is 72.1 Å². The third kappa shape index (κ3) is 13.5. The van der Waals surface area contributed by atoms with Gasteiger partial charge >= 0.3 is 0 Å². The molecule has 0 aromatic rings. The lowest BCUT2D eigenvalue weighted by molar-refractivity contribution is -0.128. The Bertz CT molecular complexity index is 159. The fourth-order valence-electron chi connectivity index (χ4n) is 1.77. The summed E-state index contributed by atoms with van der Waals surface area (Å²) in [4.78, 5) is 9.87. The van der Waals surface area contributed by atoms with Crippen molar-refractivity contribution in [3.8, 4) is 0 Å². The molecule has 0 N–H and O–H groups in total. The van der Waals surface area contributed by atoms with E-state index in [1.165, 1.54) is 44.9 Å². The van der Waals surface area contributed by atoms with E-state index in [1.807, 2.05) is 0 Å². The van der Waals surface area contributed by atoms with Gasteiger partial charge in [-0.25, -0.2) is 0 Å². The molecular weight excluding hydrogens is 200 g/mol. The number of ether oxygens (including phenoxy) is 1. The molecule has 0 aliphatic rings. The van der Waals surface area contributed by atoms with Crippen LogP contribution in [0.3, 0.4) is 0 Å². The Labute approximate surface area is 101 Å². The van der Waals surface area contributed by atoms with Gasteiger partial charge < -0.3 is 4.74 Å². The Morgan fingerprint density at radius 1 is 0.875 bits per heavy atom. The van der Waals surface area contributed by atoms with E-state index < -0.39 is 0 Å². The van der Waals surface area contributed by atoms with Crippen molar-refractivity contribution in [2.75, 3.05) is 6.61 Å². The van der Waals surface area contributed by atoms with Crippen LogP contribution in [0.15, 0.2) is 0 Å². The van der Waals surface area contributed by atoms with E-state index in [1.54, 1.807) is 0 Å². The smallest absolute Gasteiger partial charge is 0.293 e. The molecule has 0 aromatic heterocycles. The number of hydrogen-bond donors (Lipinski definition) is 0. The molecule has 0 rings (SSSR count). The van der Waals surface area contributed by atoms with Crippen LogP contribution in [0.5, 0.6) is 0 Å². The highest BCUT2D eigenvalue weighted by atomic mass is 16.5. The zero-order chi connectivity index (χ0) is 12.3. The first-order valence-corrected chi connectivity index (χ1v) is 6.61. The van der Waals surface area contributed by atoms with E-state index in [4.69, 9.17) is 0 Å². The van der Waals surface area contributed by atoms with E-state index in [9.17, 15) is 4.79 Å². The van der Waals surface area contributed by atoms with Gasteiger partial charge in [-0.15, -0.1) is 0 Å². The monoisotopic (exact) mass is 228 g/mol. The number of unbranched alkanes of at least 4 members (excludes halogenated alkanes) is 6. The molecular formula is C14H28O2. The third-order valence-corrected chi connectivity index (χ3v) is 2.76. The zero-order valence-electron chi connectivity index (χ0n) is 11.3. The Balaban J connectivity index is 3.01. The van der Waals surface area contributed by atoms with Crippen molar-refractivity contribution in [3.63, 3.8) is 0 Å². The van der Waals surface area contributed by atoms with Gasteiger partial charge in [-0.1, -0.05) is 59.3 Å². The maximum absolute atomic E-state index is 9.87. The second kappa shape index (κ2) is 9.68. The molecule has 0 amide bonds. The maximum atomic E-state index is 9.87. The van der Waals surface area contributed by atoms with Crippen molar-refractivity contribution in [1.29, 1.82) is 0 Å². The largest absolute Gasteiger partial charge is 0.468 e. The standard InChI is InChI=1S/C14H28O2/c1-14(2,3)11-9-7-5-4-6-8-10-12-16-13-15/h13H,4-12H2,1-3H3. The van der Waals surface area contributed by atoms with Crippen molar-refractivity contribution < 1.29 is 9.53 Å². The van der Waals surface area contributed by atoms with Crippen LogP contribution in [0.1, 0.15) is 72.1 Å². The lowest BCUT2D eigenvalue weighted by Gasteiger charge is -2.17. The SMILES string of the molecule is CC(C)(C)CCCCCCCCCOC=O. The topological polar surface area (TPSA) is 26.3 Å². The van der Waals surface area contributed by atoms with Gasteiger partial charge in [0.05, 0.1) is 6.61 Å². The van der Waals surface area contributed by atoms with Crippen LogP contribution < -0.4 is 0 Å². The summed E-state index contributed by atoms with van der Waals surface area (Å²) in [5.74, 6) is 0. The van der Waals surface area contributed by atoms with Crippen LogP contribution >= 0.6 is 0 Å². The van der Waals surface area contributed by atoms with Crippen molar-refractivity contribution in [1.82, 2.24) is 0 Å². The summed E-state index contributed by atoms with van der Waals surface area (Å²) in [6.07, 6.45) is 10.2. The molecule has 96 valence electrons. The molecule has 0 fully saturated rings. The highest BCUT2D eigenvalue weighted by molar-refractivity contribution is 5.36. The molecule has 0 aliphatic heterocycles. The number of hydrogen-bond acceptors (Lipinski definition) is 2. The molecule has 0 aromatic carbocycles. The summed E-state index contributed by atoms with van der Waals surface area (Å²) in [6.45, 7) is 8.04. The zero-order valence-corrected chi connectivity index (χ0v) is 11.3. The first-order chi connectivity index (χ1) is 7.56. The second-order valence-electron chi connectivity index (χ2n) is 5.75. The fraction of sp³-hybridized carbons (Fsp3) is 0.929. The van der Waals surface area contributed by atoms with Crippen molar-refractivity contribution >= 4 is 6.47 Å². The molecule has 0 bridgehead atoms. The van der Waals surface area contributed by atoms with Gasteiger partial charge in [0.25, 0.3) is 6.47 Å². The van der Waals surface area contributed by atoms with E-state index in [0.717, 1.165) is 6.42 Å². The summed E-state index contributed by atoms with van der Waals surface area (Å²) in [6, 6.07) is 0. The molecule has 0 aliphatic carbocycles. The van der Waals surface area contributed by atoms with E-state index >= 15 is 0 Å². The molecule has 0 saturated carbocycles. The molecule has 0 spiro atoms. The van der Waals surface area contributed by atoms with Crippen LogP contribution in [0.4, 0.5) is 0 Å². The minimum absolute atomic E-state index is 0.492. The van der Waals surface area contributed by atoms with Crippen LogP contribution in [-0.2, 0) is 9.53 Å². The van der Waals surface area contributed by atoms with Crippen LogP contribution in [0, 0.1) is 5.41 Å². The van der Waals surface area contributed by atoms with Crippen molar-refractivity contribution in [3.05, 3.63) is 0 Å². The minimum atomic E-state index is 0.492. The Morgan fingerprint density at radius 3 is 1.88 bits per heavy atom. The number of carbonyl (C=O) groups is 1. The quantitative estimate of drug-likeness (QED) is 0.411.